The molecule has 0 aromatic heterocycles. The minimum atomic E-state index is -0.791. The number of rotatable bonds is 3. The van der Waals surface area contributed by atoms with Crippen molar-refractivity contribution in [3.63, 3.8) is 0 Å². The van der Waals surface area contributed by atoms with Crippen LogP contribution in [0.25, 0.3) is 0 Å². The predicted octanol–water partition coefficient (Wildman–Crippen LogP) is 0.232. The van der Waals surface area contributed by atoms with Gasteiger partial charge in [-0.25, -0.2) is 4.79 Å². The first-order valence-electron chi connectivity index (χ1n) is 5.49. The zero-order valence-corrected chi connectivity index (χ0v) is 9.92. The van der Waals surface area contributed by atoms with Gasteiger partial charge in [-0.1, -0.05) is 18.2 Å². The number of carbonyl (C=O) groups is 3. The first-order chi connectivity index (χ1) is 8.52. The van der Waals surface area contributed by atoms with Crippen molar-refractivity contribution in [2.75, 3.05) is 19.3 Å². The zero-order valence-electron chi connectivity index (χ0n) is 9.92. The predicted molar refractivity (Wildman–Crippen MR) is 64.4 cm³/mol. The fourth-order valence-corrected chi connectivity index (χ4v) is 1.81. The van der Waals surface area contributed by atoms with Gasteiger partial charge >= 0.3 is 17.8 Å². The van der Waals surface area contributed by atoms with Crippen LogP contribution < -0.4 is 5.73 Å². The van der Waals surface area contributed by atoms with Gasteiger partial charge in [-0.15, -0.1) is 0 Å². The minimum absolute atomic E-state index is 0.155. The van der Waals surface area contributed by atoms with Crippen LogP contribution in [0.4, 0.5) is 10.5 Å². The Labute approximate surface area is 104 Å². The molecule has 18 heavy (non-hydrogen) atoms. The number of likely N-dealkylation sites (N-methyl/N-ethyl adjacent to an activating group) is 1. The van der Waals surface area contributed by atoms with Gasteiger partial charge in [-0.3, -0.25) is 19.4 Å². The lowest BCUT2D eigenvalue weighted by Crippen LogP contribution is -2.33. The Balaban J connectivity index is 2.08. The molecule has 0 atom stereocenters. The van der Waals surface area contributed by atoms with Crippen molar-refractivity contribution >= 4 is 23.5 Å². The van der Waals surface area contributed by atoms with E-state index in [-0.39, 0.29) is 6.54 Å². The molecule has 6 heteroatoms. The number of nitrogen functional groups attached to an aromatic ring is 1. The van der Waals surface area contributed by atoms with E-state index in [0.29, 0.717) is 12.1 Å². The Morgan fingerprint density at radius 1 is 1.11 bits per heavy atom. The van der Waals surface area contributed by atoms with Gasteiger partial charge < -0.3 is 5.73 Å². The highest BCUT2D eigenvalue weighted by molar-refractivity contribution is 6.44. The van der Waals surface area contributed by atoms with Gasteiger partial charge in [0.25, 0.3) is 0 Å². The van der Waals surface area contributed by atoms with E-state index in [2.05, 4.69) is 0 Å². The van der Waals surface area contributed by atoms with Crippen LogP contribution in [0.3, 0.4) is 0 Å². The maximum Gasteiger partial charge on any atom is 0.333 e. The smallest absolute Gasteiger partial charge is 0.333 e. The summed E-state index contributed by atoms with van der Waals surface area (Å²) in [6, 6.07) is 6.63. The van der Waals surface area contributed by atoms with Crippen LogP contribution >= 0.6 is 0 Å². The maximum absolute atomic E-state index is 11.6. The molecular formula is C12H13N3O3. The highest BCUT2D eigenvalue weighted by atomic mass is 16.2. The fraction of sp³-hybridized carbons (Fsp3) is 0.250. The van der Waals surface area contributed by atoms with Crippen molar-refractivity contribution in [1.82, 2.24) is 9.80 Å². The SMILES string of the molecule is CN1C(=O)C(=O)N(CCc2ccccc2N)C1=O. The molecule has 1 saturated heterocycles. The molecule has 1 aromatic carbocycles. The van der Waals surface area contributed by atoms with Crippen molar-refractivity contribution in [3.05, 3.63) is 29.8 Å². The molecule has 94 valence electrons. The highest BCUT2D eigenvalue weighted by Crippen LogP contribution is 2.14. The average Bonchev–Trinajstić information content (AvgIpc) is 2.54. The molecule has 0 saturated carbocycles. The standard InChI is InChI=1S/C12H13N3O3/c1-14-10(16)11(17)15(12(14)18)7-6-8-4-2-3-5-9(8)13/h2-5H,6-7,13H2,1H3. The number of nitrogens with two attached hydrogens (primary N) is 1. The lowest BCUT2D eigenvalue weighted by atomic mass is 10.1. The molecule has 6 nitrogen and oxygen atoms in total. The Bertz CT molecular complexity index is 527. The molecule has 2 rings (SSSR count). The molecule has 1 aliphatic rings. The molecule has 0 aliphatic carbocycles. The average molecular weight is 247 g/mol. The number of urea groups is 1. The lowest BCUT2D eigenvalue weighted by Gasteiger charge is -2.13. The number of para-hydroxylation sites is 1. The molecule has 0 spiro atoms. The van der Waals surface area contributed by atoms with Gasteiger partial charge in [-0.2, -0.15) is 0 Å². The molecule has 0 radical (unpaired) electrons. The number of anilines is 1. The van der Waals surface area contributed by atoms with E-state index in [9.17, 15) is 14.4 Å². The van der Waals surface area contributed by atoms with Crippen LogP contribution in [-0.2, 0) is 16.0 Å². The molecule has 2 N–H and O–H groups in total. The van der Waals surface area contributed by atoms with Crippen LogP contribution in [0.15, 0.2) is 24.3 Å². The minimum Gasteiger partial charge on any atom is -0.399 e. The number of hydrogen-bond acceptors (Lipinski definition) is 4. The summed E-state index contributed by atoms with van der Waals surface area (Å²) in [6.07, 6.45) is 0.436. The second kappa shape index (κ2) is 4.48. The monoisotopic (exact) mass is 247 g/mol. The van der Waals surface area contributed by atoms with E-state index >= 15 is 0 Å². The summed E-state index contributed by atoms with van der Waals surface area (Å²) in [5.41, 5.74) is 7.22. The zero-order chi connectivity index (χ0) is 13.3. The molecule has 1 heterocycles. The number of benzene rings is 1. The number of amides is 4. The van der Waals surface area contributed by atoms with Crippen molar-refractivity contribution in [1.29, 1.82) is 0 Å². The van der Waals surface area contributed by atoms with Crippen LogP contribution in [-0.4, -0.2) is 41.2 Å². The van der Waals surface area contributed by atoms with E-state index in [0.717, 1.165) is 15.4 Å². The topological polar surface area (TPSA) is 83.7 Å². The van der Waals surface area contributed by atoms with Gasteiger partial charge in [0.15, 0.2) is 0 Å². The van der Waals surface area contributed by atoms with Crippen molar-refractivity contribution in [2.45, 2.75) is 6.42 Å². The second-order valence-electron chi connectivity index (χ2n) is 4.05. The van der Waals surface area contributed by atoms with Crippen molar-refractivity contribution in [3.8, 4) is 0 Å². The number of carbonyl (C=O) groups excluding carboxylic acids is 3. The molecule has 1 aromatic rings. The summed E-state index contributed by atoms with van der Waals surface area (Å²) in [5.74, 6) is -1.57. The number of nitrogens with zero attached hydrogens (tertiary/aromatic N) is 2. The number of hydrogen-bond donors (Lipinski definition) is 1. The maximum atomic E-state index is 11.6. The van der Waals surface area contributed by atoms with Crippen molar-refractivity contribution < 1.29 is 14.4 Å². The van der Waals surface area contributed by atoms with Gasteiger partial charge in [0.2, 0.25) is 0 Å². The third kappa shape index (κ3) is 1.92. The fourth-order valence-electron chi connectivity index (χ4n) is 1.81. The van der Waals surface area contributed by atoms with E-state index in [1.54, 1.807) is 6.07 Å². The molecule has 0 bridgehead atoms. The molecule has 1 fully saturated rings. The summed E-state index contributed by atoms with van der Waals surface area (Å²) >= 11 is 0. The quantitative estimate of drug-likeness (QED) is 0.471. The summed E-state index contributed by atoms with van der Waals surface area (Å²) in [5, 5.41) is 0. The highest BCUT2D eigenvalue weighted by Gasteiger charge is 2.41. The Hall–Kier alpha value is -2.37. The van der Waals surface area contributed by atoms with Gasteiger partial charge in [0.05, 0.1) is 0 Å². The van der Waals surface area contributed by atoms with Crippen LogP contribution in [0.5, 0.6) is 0 Å². The third-order valence-corrected chi connectivity index (χ3v) is 2.91. The van der Waals surface area contributed by atoms with E-state index in [1.807, 2.05) is 18.2 Å². The lowest BCUT2D eigenvalue weighted by molar-refractivity contribution is -0.142. The van der Waals surface area contributed by atoms with E-state index in [4.69, 9.17) is 5.73 Å². The van der Waals surface area contributed by atoms with Gasteiger partial charge in [0.1, 0.15) is 0 Å². The molecule has 1 aliphatic heterocycles. The van der Waals surface area contributed by atoms with Gasteiger partial charge in [0, 0.05) is 19.3 Å². The summed E-state index contributed by atoms with van der Waals surface area (Å²) in [7, 11) is 1.29. The number of imide groups is 2. The molecule has 4 amide bonds. The molecular weight excluding hydrogens is 234 g/mol. The van der Waals surface area contributed by atoms with E-state index < -0.39 is 17.8 Å². The van der Waals surface area contributed by atoms with Crippen LogP contribution in [0.2, 0.25) is 0 Å². The summed E-state index contributed by atoms with van der Waals surface area (Å²) in [4.78, 5) is 36.2. The third-order valence-electron chi connectivity index (χ3n) is 2.91. The van der Waals surface area contributed by atoms with Gasteiger partial charge in [-0.05, 0) is 18.1 Å². The Kier molecular flexibility index (Phi) is 3.01. The Morgan fingerprint density at radius 3 is 2.33 bits per heavy atom. The van der Waals surface area contributed by atoms with Crippen LogP contribution in [0.1, 0.15) is 5.56 Å². The van der Waals surface area contributed by atoms with E-state index in [1.165, 1.54) is 7.05 Å². The van der Waals surface area contributed by atoms with Crippen molar-refractivity contribution in [2.24, 2.45) is 0 Å². The first kappa shape index (κ1) is 12.1. The summed E-state index contributed by atoms with van der Waals surface area (Å²) in [6.45, 7) is 0.155. The Morgan fingerprint density at radius 2 is 1.78 bits per heavy atom. The van der Waals surface area contributed by atoms with Crippen LogP contribution in [0, 0.1) is 0 Å². The summed E-state index contributed by atoms with van der Waals surface area (Å²) < 4.78 is 0. The second-order valence-corrected chi connectivity index (χ2v) is 4.05. The normalized spacial score (nSPS) is 15.7. The largest absolute Gasteiger partial charge is 0.399 e. The first-order valence-corrected chi connectivity index (χ1v) is 5.49. The molecule has 0 unspecified atom stereocenters.